The molecule has 0 unspecified atom stereocenters. The van der Waals surface area contributed by atoms with Crippen molar-refractivity contribution < 1.29 is 18.0 Å². The number of alkyl halides is 3. The Hall–Kier alpha value is -2.83. The number of carbonyl (C=O) groups excluding carboxylic acids is 1. The molecular formula is C14H17F3N8OS. The minimum absolute atomic E-state index is 0.178. The molecule has 146 valence electrons. The Balaban J connectivity index is 1.88. The van der Waals surface area contributed by atoms with E-state index in [1.165, 1.54) is 24.6 Å². The number of halogens is 3. The first-order chi connectivity index (χ1) is 12.8. The van der Waals surface area contributed by atoms with Crippen LogP contribution in [0.2, 0.25) is 0 Å². The maximum absolute atomic E-state index is 12.1. The topological polar surface area (TPSA) is 133 Å². The van der Waals surface area contributed by atoms with Gasteiger partial charge < -0.3 is 20.8 Å². The molecule has 0 aromatic carbocycles. The number of H-pyrrole nitrogens is 1. The number of aliphatic imine (C=N–C) groups is 2. The molecule has 0 aliphatic rings. The summed E-state index contributed by atoms with van der Waals surface area (Å²) < 4.78 is 39.3. The van der Waals surface area contributed by atoms with Gasteiger partial charge in [-0.25, -0.2) is 20.0 Å². The third-order valence-corrected chi connectivity index (χ3v) is 3.96. The number of aromatic nitrogens is 3. The van der Waals surface area contributed by atoms with E-state index in [4.69, 9.17) is 5.73 Å². The van der Waals surface area contributed by atoms with Crippen LogP contribution >= 0.6 is 11.9 Å². The molecule has 0 saturated heterocycles. The van der Waals surface area contributed by atoms with Crippen molar-refractivity contribution in [3.05, 3.63) is 18.7 Å². The SMILES string of the molecule is CC[C@@H](N=C(N)N=CNSc1c[nH]c2ncncc12)C(=O)NCC(F)(F)F. The Bertz CT molecular complexity index is 835. The third-order valence-electron chi connectivity index (χ3n) is 3.18. The van der Waals surface area contributed by atoms with E-state index < -0.39 is 24.7 Å². The van der Waals surface area contributed by atoms with Gasteiger partial charge in [0.2, 0.25) is 11.9 Å². The highest BCUT2D eigenvalue weighted by atomic mass is 32.2. The van der Waals surface area contributed by atoms with Crippen LogP contribution in [0.3, 0.4) is 0 Å². The van der Waals surface area contributed by atoms with E-state index in [-0.39, 0.29) is 12.4 Å². The highest BCUT2D eigenvalue weighted by molar-refractivity contribution is 7.98. The molecule has 2 rings (SSSR count). The fraction of sp³-hybridized carbons (Fsp3) is 0.357. The molecule has 2 aromatic rings. The first kappa shape index (κ1) is 20.5. The zero-order valence-electron chi connectivity index (χ0n) is 14.1. The van der Waals surface area contributed by atoms with Gasteiger partial charge in [-0.1, -0.05) is 6.92 Å². The summed E-state index contributed by atoms with van der Waals surface area (Å²) in [6.45, 7) is 0.180. The predicted octanol–water partition coefficient (Wildman–Crippen LogP) is 1.35. The number of aromatic amines is 1. The first-order valence-corrected chi connectivity index (χ1v) is 8.51. The van der Waals surface area contributed by atoms with Crippen LogP contribution in [0, 0.1) is 0 Å². The Morgan fingerprint density at radius 2 is 2.30 bits per heavy atom. The largest absolute Gasteiger partial charge is 0.405 e. The Kier molecular flexibility index (Phi) is 6.98. The summed E-state index contributed by atoms with van der Waals surface area (Å²) in [6.07, 6.45) is 1.76. The predicted molar refractivity (Wildman–Crippen MR) is 96.1 cm³/mol. The fourth-order valence-corrected chi connectivity index (χ4v) is 2.55. The van der Waals surface area contributed by atoms with Crippen molar-refractivity contribution in [2.24, 2.45) is 15.7 Å². The van der Waals surface area contributed by atoms with Gasteiger partial charge in [-0.15, -0.1) is 0 Å². The summed E-state index contributed by atoms with van der Waals surface area (Å²) in [4.78, 5) is 31.1. The molecular weight excluding hydrogens is 385 g/mol. The monoisotopic (exact) mass is 402 g/mol. The lowest BCUT2D eigenvalue weighted by molar-refractivity contribution is -0.139. The van der Waals surface area contributed by atoms with E-state index in [9.17, 15) is 18.0 Å². The second kappa shape index (κ2) is 9.21. The number of rotatable bonds is 7. The molecule has 1 atom stereocenters. The second-order valence-corrected chi connectivity index (χ2v) is 6.04. The number of fused-ring (bicyclic) bond motifs is 1. The van der Waals surface area contributed by atoms with E-state index in [0.29, 0.717) is 5.65 Å². The lowest BCUT2D eigenvalue weighted by Crippen LogP contribution is -2.40. The Labute approximate surface area is 156 Å². The molecule has 9 nitrogen and oxygen atoms in total. The van der Waals surface area contributed by atoms with E-state index >= 15 is 0 Å². The quantitative estimate of drug-likeness (QED) is 0.314. The summed E-state index contributed by atoms with van der Waals surface area (Å²) in [5, 5.41) is 2.59. The average Bonchev–Trinajstić information content (AvgIpc) is 3.04. The molecule has 1 amide bonds. The van der Waals surface area contributed by atoms with E-state index in [1.807, 2.05) is 0 Å². The van der Waals surface area contributed by atoms with E-state index in [2.05, 4.69) is 29.7 Å². The number of amides is 1. The zero-order valence-corrected chi connectivity index (χ0v) is 14.9. The number of hydrogen-bond acceptors (Lipinski definition) is 5. The van der Waals surface area contributed by atoms with Crippen molar-refractivity contribution in [3.63, 3.8) is 0 Å². The van der Waals surface area contributed by atoms with Crippen LogP contribution < -0.4 is 15.8 Å². The maximum atomic E-state index is 12.1. The van der Waals surface area contributed by atoms with Crippen LogP contribution in [0.4, 0.5) is 13.2 Å². The molecule has 0 aliphatic carbocycles. The van der Waals surface area contributed by atoms with Crippen LogP contribution in [0.1, 0.15) is 13.3 Å². The standard InChI is InChI=1S/C14H17F3N8OS/c1-2-9(12(26)21-5-14(15,16)17)25-13(18)23-7-24-27-10-4-20-11-8(10)3-19-6-22-11/h3-4,6-7,9H,2,5H2,1H3,(H,21,26)(H,19,20,22)(H3,18,23,24,25)/t9-/m1/s1. The first-order valence-electron chi connectivity index (χ1n) is 7.70. The minimum atomic E-state index is -4.49. The zero-order chi connectivity index (χ0) is 19.9. The molecule has 5 N–H and O–H groups in total. The Morgan fingerprint density at radius 1 is 1.52 bits per heavy atom. The molecule has 0 spiro atoms. The molecule has 27 heavy (non-hydrogen) atoms. The molecule has 13 heteroatoms. The third kappa shape index (κ3) is 6.44. The van der Waals surface area contributed by atoms with Crippen LogP contribution in [0.25, 0.3) is 11.0 Å². The molecule has 2 aromatic heterocycles. The highest BCUT2D eigenvalue weighted by Gasteiger charge is 2.29. The minimum Gasteiger partial charge on any atom is -0.368 e. The molecule has 0 fully saturated rings. The van der Waals surface area contributed by atoms with Gasteiger partial charge >= 0.3 is 6.18 Å². The highest BCUT2D eigenvalue weighted by Crippen LogP contribution is 2.23. The van der Waals surface area contributed by atoms with Gasteiger partial charge in [0.05, 0.1) is 10.3 Å². The van der Waals surface area contributed by atoms with Gasteiger partial charge in [-0.3, -0.25) is 4.79 Å². The van der Waals surface area contributed by atoms with E-state index in [1.54, 1.807) is 24.6 Å². The smallest absolute Gasteiger partial charge is 0.368 e. The van der Waals surface area contributed by atoms with Gasteiger partial charge in [-0.2, -0.15) is 13.2 Å². The lowest BCUT2D eigenvalue weighted by atomic mass is 10.2. The number of nitrogens with zero attached hydrogens (tertiary/aromatic N) is 4. The van der Waals surface area contributed by atoms with Crippen molar-refractivity contribution in [2.45, 2.75) is 30.5 Å². The van der Waals surface area contributed by atoms with Crippen LogP contribution in [0.15, 0.2) is 33.6 Å². The lowest BCUT2D eigenvalue weighted by Gasteiger charge is -2.12. The van der Waals surface area contributed by atoms with Crippen molar-refractivity contribution in [2.75, 3.05) is 6.54 Å². The van der Waals surface area contributed by atoms with Crippen molar-refractivity contribution in [3.8, 4) is 0 Å². The van der Waals surface area contributed by atoms with Gasteiger partial charge in [-0.05, 0) is 18.4 Å². The second-order valence-electron chi connectivity index (χ2n) is 5.16. The summed E-state index contributed by atoms with van der Waals surface area (Å²) in [5.74, 6) is -1.10. The summed E-state index contributed by atoms with van der Waals surface area (Å²) in [7, 11) is 0. The molecule has 2 heterocycles. The number of nitrogens with two attached hydrogens (primary N) is 1. The average molecular weight is 402 g/mol. The Morgan fingerprint density at radius 3 is 3.00 bits per heavy atom. The number of hydrogen-bond donors (Lipinski definition) is 4. The van der Waals surface area contributed by atoms with Crippen molar-refractivity contribution >= 4 is 41.2 Å². The van der Waals surface area contributed by atoms with Crippen molar-refractivity contribution in [1.82, 2.24) is 25.0 Å². The van der Waals surface area contributed by atoms with Crippen LogP contribution in [0.5, 0.6) is 0 Å². The maximum Gasteiger partial charge on any atom is 0.405 e. The van der Waals surface area contributed by atoms with Crippen LogP contribution in [-0.2, 0) is 4.79 Å². The van der Waals surface area contributed by atoms with Gasteiger partial charge in [0, 0.05) is 12.4 Å². The molecule has 0 saturated carbocycles. The van der Waals surface area contributed by atoms with Crippen molar-refractivity contribution in [1.29, 1.82) is 0 Å². The molecule has 0 radical (unpaired) electrons. The van der Waals surface area contributed by atoms with E-state index in [0.717, 1.165) is 10.3 Å². The normalized spacial score (nSPS) is 13.9. The molecule has 0 bridgehead atoms. The number of guanidine groups is 1. The summed E-state index contributed by atoms with van der Waals surface area (Å²) in [5.41, 5.74) is 6.28. The fourth-order valence-electron chi connectivity index (χ4n) is 1.94. The summed E-state index contributed by atoms with van der Waals surface area (Å²) in [6, 6.07) is -1.05. The number of nitrogens with one attached hydrogen (secondary N) is 3. The summed E-state index contributed by atoms with van der Waals surface area (Å²) >= 11 is 1.21. The van der Waals surface area contributed by atoms with Gasteiger partial charge in [0.1, 0.15) is 30.9 Å². The molecule has 0 aliphatic heterocycles. The van der Waals surface area contributed by atoms with Gasteiger partial charge in [0.25, 0.3) is 0 Å². The van der Waals surface area contributed by atoms with Crippen LogP contribution in [-0.4, -0.2) is 51.9 Å². The van der Waals surface area contributed by atoms with Gasteiger partial charge in [0.15, 0.2) is 0 Å². The number of carbonyl (C=O) groups is 1.